The molecule has 0 saturated heterocycles. The Morgan fingerprint density at radius 1 is 0.923 bits per heavy atom. The molecule has 0 aliphatic carbocycles. The lowest BCUT2D eigenvalue weighted by atomic mass is 10.1. The van der Waals surface area contributed by atoms with Gasteiger partial charge in [-0.05, 0) is 18.9 Å². The quantitative estimate of drug-likeness (QED) is 0.220. The summed E-state index contributed by atoms with van der Waals surface area (Å²) < 4.78 is 16.3. The van der Waals surface area contributed by atoms with Crippen molar-refractivity contribution in [2.75, 3.05) is 41.5 Å². The second-order valence-corrected chi connectivity index (χ2v) is 5.73. The zero-order chi connectivity index (χ0) is 18.5. The van der Waals surface area contributed by atoms with Gasteiger partial charge in [0.1, 0.15) is 0 Å². The topological polar surface area (TPSA) is 64.1 Å². The average molecular weight is 479 g/mol. The Labute approximate surface area is 175 Å². The van der Waals surface area contributed by atoms with Crippen LogP contribution in [0.3, 0.4) is 0 Å². The van der Waals surface area contributed by atoms with E-state index in [0.717, 1.165) is 37.5 Å². The largest absolute Gasteiger partial charge is 0.493 e. The van der Waals surface area contributed by atoms with Crippen molar-refractivity contribution in [2.45, 2.75) is 39.0 Å². The minimum absolute atomic E-state index is 0. The van der Waals surface area contributed by atoms with Gasteiger partial charge in [0, 0.05) is 25.7 Å². The number of hydrogen-bond acceptors (Lipinski definition) is 4. The third kappa shape index (κ3) is 7.88. The van der Waals surface area contributed by atoms with Gasteiger partial charge in [-0.25, -0.2) is 0 Å². The van der Waals surface area contributed by atoms with Gasteiger partial charge in [-0.2, -0.15) is 0 Å². The van der Waals surface area contributed by atoms with Crippen molar-refractivity contribution in [1.82, 2.24) is 10.6 Å². The molecule has 0 heterocycles. The van der Waals surface area contributed by atoms with Crippen LogP contribution < -0.4 is 24.8 Å². The predicted molar refractivity (Wildman–Crippen MR) is 119 cm³/mol. The highest BCUT2D eigenvalue weighted by Gasteiger charge is 2.15. The molecule has 0 atom stereocenters. The molecule has 1 rings (SSSR count). The van der Waals surface area contributed by atoms with Crippen molar-refractivity contribution >= 4 is 29.9 Å². The number of nitrogens with one attached hydrogen (secondary N) is 2. The average Bonchev–Trinajstić information content (AvgIpc) is 2.65. The van der Waals surface area contributed by atoms with E-state index < -0.39 is 0 Å². The van der Waals surface area contributed by atoms with Gasteiger partial charge in [-0.3, -0.25) is 4.99 Å². The lowest BCUT2D eigenvalue weighted by molar-refractivity contribution is 0.322. The lowest BCUT2D eigenvalue weighted by Gasteiger charge is -2.16. The fraction of sp³-hybridized carbons (Fsp3) is 0.632. The van der Waals surface area contributed by atoms with Crippen LogP contribution >= 0.6 is 24.0 Å². The first-order valence-corrected chi connectivity index (χ1v) is 8.94. The van der Waals surface area contributed by atoms with Gasteiger partial charge >= 0.3 is 0 Å². The SMILES string of the molecule is CCCCCCNC(=NC)NCCc1ccc(OC)c(OC)c1OC.I. The number of aliphatic imine (C=N–C) groups is 1. The summed E-state index contributed by atoms with van der Waals surface area (Å²) in [5, 5.41) is 6.68. The van der Waals surface area contributed by atoms with Gasteiger partial charge in [-0.1, -0.05) is 32.3 Å². The highest BCUT2D eigenvalue weighted by Crippen LogP contribution is 2.39. The molecule has 0 aliphatic heterocycles. The molecule has 0 amide bonds. The Hall–Kier alpha value is -1.38. The van der Waals surface area contributed by atoms with Crippen molar-refractivity contribution < 1.29 is 14.2 Å². The van der Waals surface area contributed by atoms with Gasteiger partial charge in [0.15, 0.2) is 17.5 Å². The number of ether oxygens (including phenoxy) is 3. The summed E-state index contributed by atoms with van der Waals surface area (Å²) in [7, 11) is 6.67. The molecule has 1 aromatic rings. The number of hydrogen-bond donors (Lipinski definition) is 2. The van der Waals surface area contributed by atoms with Crippen molar-refractivity contribution in [2.24, 2.45) is 4.99 Å². The second-order valence-electron chi connectivity index (χ2n) is 5.73. The van der Waals surface area contributed by atoms with E-state index >= 15 is 0 Å². The molecule has 0 saturated carbocycles. The Bertz CT molecular complexity index is 539. The number of methoxy groups -OCH3 is 3. The summed E-state index contributed by atoms with van der Waals surface area (Å²) in [5.74, 6) is 2.84. The van der Waals surface area contributed by atoms with Gasteiger partial charge in [0.25, 0.3) is 0 Å². The Balaban J connectivity index is 0.00000625. The van der Waals surface area contributed by atoms with Crippen LogP contribution in [0.5, 0.6) is 17.2 Å². The molecular weight excluding hydrogens is 445 g/mol. The van der Waals surface area contributed by atoms with E-state index in [1.807, 2.05) is 12.1 Å². The first kappa shape index (κ1) is 24.6. The van der Waals surface area contributed by atoms with Crippen LogP contribution in [-0.2, 0) is 6.42 Å². The minimum atomic E-state index is 0. The maximum absolute atomic E-state index is 5.52. The van der Waals surface area contributed by atoms with Crippen LogP contribution in [0.4, 0.5) is 0 Å². The maximum atomic E-state index is 5.52. The Morgan fingerprint density at radius 2 is 1.62 bits per heavy atom. The van der Waals surface area contributed by atoms with Crippen LogP contribution in [0.25, 0.3) is 0 Å². The van der Waals surface area contributed by atoms with Crippen molar-refractivity contribution in [1.29, 1.82) is 0 Å². The molecule has 0 unspecified atom stereocenters. The number of benzene rings is 1. The van der Waals surface area contributed by atoms with Gasteiger partial charge in [0.2, 0.25) is 5.75 Å². The molecule has 0 radical (unpaired) electrons. The summed E-state index contributed by atoms with van der Waals surface area (Å²) in [5.41, 5.74) is 1.06. The monoisotopic (exact) mass is 479 g/mol. The van der Waals surface area contributed by atoms with Crippen molar-refractivity contribution in [3.63, 3.8) is 0 Å². The number of rotatable bonds is 11. The molecule has 0 fully saturated rings. The molecule has 0 aliphatic rings. The molecule has 26 heavy (non-hydrogen) atoms. The summed E-state index contributed by atoms with van der Waals surface area (Å²) in [4.78, 5) is 4.26. The normalized spacial score (nSPS) is 10.7. The second kappa shape index (κ2) is 14.8. The third-order valence-corrected chi connectivity index (χ3v) is 4.02. The molecular formula is C19H34IN3O3. The minimum Gasteiger partial charge on any atom is -0.493 e. The summed E-state index contributed by atoms with van der Waals surface area (Å²) in [6.07, 6.45) is 5.74. The maximum Gasteiger partial charge on any atom is 0.203 e. The van der Waals surface area contributed by atoms with Gasteiger partial charge < -0.3 is 24.8 Å². The van der Waals surface area contributed by atoms with Crippen molar-refractivity contribution in [3.8, 4) is 17.2 Å². The molecule has 2 N–H and O–H groups in total. The highest BCUT2D eigenvalue weighted by molar-refractivity contribution is 14.0. The Kier molecular flexibility index (Phi) is 14.0. The summed E-state index contributed by atoms with van der Waals surface area (Å²) >= 11 is 0. The Morgan fingerprint density at radius 3 is 2.19 bits per heavy atom. The third-order valence-electron chi connectivity index (χ3n) is 4.02. The van der Waals surface area contributed by atoms with Crippen LogP contribution in [0.15, 0.2) is 17.1 Å². The first-order valence-electron chi connectivity index (χ1n) is 8.94. The number of guanidine groups is 1. The van der Waals surface area contributed by atoms with E-state index in [1.54, 1.807) is 28.4 Å². The van der Waals surface area contributed by atoms with Crippen LogP contribution in [-0.4, -0.2) is 47.4 Å². The smallest absolute Gasteiger partial charge is 0.203 e. The van der Waals surface area contributed by atoms with Gasteiger partial charge in [0.05, 0.1) is 21.3 Å². The standard InChI is InChI=1S/C19H33N3O3.HI/c1-6-7-8-9-13-21-19(20-2)22-14-12-15-10-11-16(23-3)18(25-5)17(15)24-4;/h10-11H,6-9,12-14H2,1-5H3,(H2,20,21,22);1H. The van der Waals surface area contributed by atoms with Crippen LogP contribution in [0.1, 0.15) is 38.2 Å². The molecule has 0 aromatic heterocycles. The zero-order valence-electron chi connectivity index (χ0n) is 16.7. The highest BCUT2D eigenvalue weighted by atomic mass is 127. The summed E-state index contributed by atoms with van der Waals surface area (Å²) in [6.45, 7) is 3.91. The van der Waals surface area contributed by atoms with Crippen LogP contribution in [0, 0.1) is 0 Å². The number of halogens is 1. The molecule has 6 nitrogen and oxygen atoms in total. The van der Waals surface area contributed by atoms with Crippen molar-refractivity contribution in [3.05, 3.63) is 17.7 Å². The molecule has 0 bridgehead atoms. The van der Waals surface area contributed by atoms with E-state index in [1.165, 1.54) is 19.3 Å². The predicted octanol–water partition coefficient (Wildman–Crippen LogP) is 3.62. The first-order chi connectivity index (χ1) is 12.2. The molecule has 0 spiro atoms. The fourth-order valence-electron chi connectivity index (χ4n) is 2.65. The lowest BCUT2D eigenvalue weighted by Crippen LogP contribution is -2.38. The number of nitrogens with zero attached hydrogens (tertiary/aromatic N) is 1. The van der Waals surface area contributed by atoms with E-state index in [2.05, 4.69) is 22.5 Å². The zero-order valence-corrected chi connectivity index (χ0v) is 19.0. The fourth-order valence-corrected chi connectivity index (χ4v) is 2.65. The van der Waals surface area contributed by atoms with E-state index in [4.69, 9.17) is 14.2 Å². The van der Waals surface area contributed by atoms with E-state index in [-0.39, 0.29) is 24.0 Å². The molecule has 150 valence electrons. The number of unbranched alkanes of at least 4 members (excludes halogenated alkanes) is 3. The molecule has 1 aromatic carbocycles. The van der Waals surface area contributed by atoms with E-state index in [9.17, 15) is 0 Å². The van der Waals surface area contributed by atoms with Crippen LogP contribution in [0.2, 0.25) is 0 Å². The molecule has 7 heteroatoms. The summed E-state index contributed by atoms with van der Waals surface area (Å²) in [6, 6.07) is 3.90. The van der Waals surface area contributed by atoms with Gasteiger partial charge in [-0.15, -0.1) is 24.0 Å². The van der Waals surface area contributed by atoms with E-state index in [0.29, 0.717) is 17.2 Å².